The van der Waals surface area contributed by atoms with Gasteiger partial charge in [0.25, 0.3) is 5.91 Å². The molecule has 1 aromatic rings. The van der Waals surface area contributed by atoms with E-state index in [1.807, 2.05) is 4.90 Å². The molecule has 2 amide bonds. The van der Waals surface area contributed by atoms with Crippen LogP contribution in [0, 0.1) is 11.7 Å². The summed E-state index contributed by atoms with van der Waals surface area (Å²) in [6.45, 7) is 3.43. The van der Waals surface area contributed by atoms with Gasteiger partial charge in [0.15, 0.2) is 6.61 Å². The molecule has 11 heteroatoms. The van der Waals surface area contributed by atoms with Gasteiger partial charge in [-0.05, 0) is 31.0 Å². The van der Waals surface area contributed by atoms with Crippen LogP contribution in [-0.4, -0.2) is 79.8 Å². The second-order valence-electron chi connectivity index (χ2n) is 9.48. The lowest BCUT2D eigenvalue weighted by Crippen LogP contribution is -2.50. The molecule has 4 rings (SSSR count). The topological polar surface area (TPSA) is 91.4 Å². The van der Waals surface area contributed by atoms with Gasteiger partial charge in [0.1, 0.15) is 11.9 Å². The number of carbonyl (C=O) groups excluding carboxylic acids is 3. The van der Waals surface area contributed by atoms with Crippen LogP contribution >= 0.6 is 12.2 Å². The number of nitrogens with zero attached hydrogens (tertiary/aromatic N) is 3. The van der Waals surface area contributed by atoms with E-state index >= 15 is 4.39 Å². The second-order valence-corrected chi connectivity index (χ2v) is 9.92. The van der Waals surface area contributed by atoms with Crippen molar-refractivity contribution in [3.63, 3.8) is 0 Å². The Kier molecular flexibility index (Phi) is 8.60. The number of carbonyl (C=O) groups is 3. The highest BCUT2D eigenvalue weighted by Gasteiger charge is 2.33. The van der Waals surface area contributed by atoms with Crippen LogP contribution in [0.1, 0.15) is 39.0 Å². The molecule has 1 aromatic carbocycles. The summed E-state index contributed by atoms with van der Waals surface area (Å²) < 4.78 is 25.3. The molecule has 0 unspecified atom stereocenters. The predicted octanol–water partition coefficient (Wildman–Crippen LogP) is 2.86. The Morgan fingerprint density at radius 3 is 2.56 bits per heavy atom. The molecule has 3 fully saturated rings. The molecule has 1 N–H and O–H groups in total. The van der Waals surface area contributed by atoms with Crippen molar-refractivity contribution in [2.24, 2.45) is 5.92 Å². The highest BCUT2D eigenvalue weighted by molar-refractivity contribution is 7.80. The van der Waals surface area contributed by atoms with Crippen molar-refractivity contribution in [2.45, 2.75) is 45.1 Å². The summed E-state index contributed by atoms with van der Waals surface area (Å²) in [5, 5.41) is 3.27. The van der Waals surface area contributed by atoms with Crippen LogP contribution in [0.15, 0.2) is 18.2 Å². The fourth-order valence-corrected chi connectivity index (χ4v) is 5.25. The first-order valence-electron chi connectivity index (χ1n) is 12.5. The lowest BCUT2D eigenvalue weighted by atomic mass is 9.89. The van der Waals surface area contributed by atoms with Gasteiger partial charge in [-0.2, -0.15) is 0 Å². The Balaban J connectivity index is 1.28. The molecule has 2 aliphatic heterocycles. The molecule has 3 aliphatic rings. The zero-order valence-electron chi connectivity index (χ0n) is 20.5. The van der Waals surface area contributed by atoms with Crippen LogP contribution in [0.2, 0.25) is 0 Å². The molecular formula is C25H33FN4O5S. The maximum Gasteiger partial charge on any atom is 0.414 e. The Morgan fingerprint density at radius 2 is 1.89 bits per heavy atom. The van der Waals surface area contributed by atoms with E-state index in [1.165, 1.54) is 37.2 Å². The predicted molar refractivity (Wildman–Crippen MR) is 137 cm³/mol. The zero-order valence-corrected chi connectivity index (χ0v) is 21.4. The Bertz CT molecular complexity index is 995. The van der Waals surface area contributed by atoms with Gasteiger partial charge in [0.05, 0.1) is 29.5 Å². The number of piperazine rings is 1. The number of hydrogen-bond acceptors (Lipinski definition) is 7. The SMILES string of the molecule is CC(=O)OCC(=O)N1CCN(c2ccc(N3C[C@H](CNC(=S)C4CCCCC4)OC3=O)cc2F)CC1. The minimum absolute atomic E-state index is 0.267. The van der Waals surface area contributed by atoms with Crippen LogP contribution in [0.25, 0.3) is 0 Å². The van der Waals surface area contributed by atoms with Crippen molar-refractivity contribution in [3.8, 4) is 0 Å². The Labute approximate surface area is 215 Å². The molecule has 1 atom stereocenters. The van der Waals surface area contributed by atoms with E-state index in [-0.39, 0.29) is 18.6 Å². The van der Waals surface area contributed by atoms with Gasteiger partial charge in [-0.1, -0.05) is 31.5 Å². The third-order valence-electron chi connectivity index (χ3n) is 6.97. The van der Waals surface area contributed by atoms with E-state index in [9.17, 15) is 14.4 Å². The van der Waals surface area contributed by atoms with Gasteiger partial charge in [0.2, 0.25) is 0 Å². The lowest BCUT2D eigenvalue weighted by molar-refractivity contribution is -0.150. The third kappa shape index (κ3) is 6.43. The summed E-state index contributed by atoms with van der Waals surface area (Å²) in [5.41, 5.74) is 0.850. The van der Waals surface area contributed by atoms with E-state index in [1.54, 1.807) is 17.0 Å². The molecule has 1 aliphatic carbocycles. The van der Waals surface area contributed by atoms with Gasteiger partial charge in [-0.15, -0.1) is 0 Å². The van der Waals surface area contributed by atoms with Crippen LogP contribution < -0.4 is 15.1 Å². The van der Waals surface area contributed by atoms with Gasteiger partial charge >= 0.3 is 12.1 Å². The zero-order chi connectivity index (χ0) is 25.7. The standard InChI is InChI=1S/C25H33FN4O5S/c1-17(31)34-16-23(32)29-11-9-28(10-12-29)22-8-7-19(13-21(22)26)30-15-20(35-25(30)33)14-27-24(36)18-5-3-2-4-6-18/h7-8,13,18,20H,2-6,9-12,14-16H2,1H3,(H,27,36)/t20-/m0/s1. The number of amides is 2. The molecule has 0 radical (unpaired) electrons. The number of cyclic esters (lactones) is 1. The third-order valence-corrected chi connectivity index (χ3v) is 7.45. The van der Waals surface area contributed by atoms with E-state index in [0.29, 0.717) is 56.6 Å². The molecule has 0 spiro atoms. The highest BCUT2D eigenvalue weighted by atomic mass is 32.1. The van der Waals surface area contributed by atoms with Gasteiger partial charge in [-0.25, -0.2) is 9.18 Å². The molecule has 1 saturated carbocycles. The van der Waals surface area contributed by atoms with Gasteiger partial charge in [0, 0.05) is 39.0 Å². The first-order valence-corrected chi connectivity index (χ1v) is 12.9. The smallest absolute Gasteiger partial charge is 0.414 e. The molecule has 36 heavy (non-hydrogen) atoms. The fourth-order valence-electron chi connectivity index (χ4n) is 4.93. The van der Waals surface area contributed by atoms with E-state index < -0.39 is 17.9 Å². The molecule has 0 bridgehead atoms. The number of hydrogen-bond donors (Lipinski definition) is 1. The molecule has 2 heterocycles. The number of benzene rings is 1. The number of rotatable bonds is 7. The Hall–Kier alpha value is -2.95. The maximum absolute atomic E-state index is 15.0. The lowest BCUT2D eigenvalue weighted by Gasteiger charge is -2.36. The number of ether oxygens (including phenoxy) is 2. The number of nitrogens with one attached hydrogen (secondary N) is 1. The largest absolute Gasteiger partial charge is 0.456 e. The number of esters is 1. The van der Waals surface area contributed by atoms with Crippen molar-refractivity contribution >= 4 is 46.6 Å². The van der Waals surface area contributed by atoms with Gasteiger partial charge < -0.3 is 24.6 Å². The minimum Gasteiger partial charge on any atom is -0.456 e. The van der Waals surface area contributed by atoms with Crippen molar-refractivity contribution in [1.82, 2.24) is 10.2 Å². The van der Waals surface area contributed by atoms with Crippen molar-refractivity contribution < 1.29 is 28.2 Å². The average Bonchev–Trinajstić information content (AvgIpc) is 3.26. The van der Waals surface area contributed by atoms with Crippen LogP contribution in [0.3, 0.4) is 0 Å². The molecule has 196 valence electrons. The molecule has 9 nitrogen and oxygen atoms in total. The number of anilines is 2. The fraction of sp³-hybridized carbons (Fsp3) is 0.600. The summed E-state index contributed by atoms with van der Waals surface area (Å²) in [6, 6.07) is 4.70. The summed E-state index contributed by atoms with van der Waals surface area (Å²) in [5.74, 6) is -0.814. The molecule has 0 aromatic heterocycles. The van der Waals surface area contributed by atoms with Crippen LogP contribution in [0.5, 0.6) is 0 Å². The van der Waals surface area contributed by atoms with Crippen molar-refractivity contribution in [1.29, 1.82) is 0 Å². The van der Waals surface area contributed by atoms with Crippen LogP contribution in [-0.2, 0) is 19.1 Å². The average molecular weight is 521 g/mol. The number of halogens is 1. The monoisotopic (exact) mass is 520 g/mol. The summed E-state index contributed by atoms with van der Waals surface area (Å²) in [4.78, 5) is 41.2. The first-order chi connectivity index (χ1) is 17.3. The first kappa shape index (κ1) is 26.1. The van der Waals surface area contributed by atoms with Crippen LogP contribution in [0.4, 0.5) is 20.6 Å². The molecule has 2 saturated heterocycles. The van der Waals surface area contributed by atoms with E-state index in [2.05, 4.69) is 5.32 Å². The summed E-state index contributed by atoms with van der Waals surface area (Å²) >= 11 is 5.54. The highest BCUT2D eigenvalue weighted by Crippen LogP contribution is 2.29. The second kappa shape index (κ2) is 11.9. The Morgan fingerprint density at radius 1 is 1.17 bits per heavy atom. The van der Waals surface area contributed by atoms with E-state index in [4.69, 9.17) is 21.7 Å². The van der Waals surface area contributed by atoms with Crippen molar-refractivity contribution in [3.05, 3.63) is 24.0 Å². The van der Waals surface area contributed by atoms with Crippen molar-refractivity contribution in [2.75, 3.05) is 55.7 Å². The summed E-state index contributed by atoms with van der Waals surface area (Å²) in [6.07, 6.45) is 5.00. The summed E-state index contributed by atoms with van der Waals surface area (Å²) in [7, 11) is 0. The van der Waals surface area contributed by atoms with E-state index in [0.717, 1.165) is 17.8 Å². The maximum atomic E-state index is 15.0. The quantitative estimate of drug-likeness (QED) is 0.434. The number of thiocarbonyl (C=S) groups is 1. The van der Waals surface area contributed by atoms with Gasteiger partial charge in [-0.3, -0.25) is 14.5 Å². The normalized spacial score (nSPS) is 20.8. The molecular weight excluding hydrogens is 487 g/mol. The minimum atomic E-state index is -0.503.